The molecule has 1 aromatic carbocycles. The fourth-order valence-electron chi connectivity index (χ4n) is 1.82. The predicted octanol–water partition coefficient (Wildman–Crippen LogP) is 3.72. The zero-order valence-corrected chi connectivity index (χ0v) is 16.3. The van der Waals surface area contributed by atoms with Crippen molar-refractivity contribution in [1.29, 1.82) is 0 Å². The van der Waals surface area contributed by atoms with Gasteiger partial charge >= 0.3 is 0 Å². The Morgan fingerprint density at radius 1 is 1.18 bits per heavy atom. The quantitative estimate of drug-likeness (QED) is 0.394. The van der Waals surface area contributed by atoms with Gasteiger partial charge in [-0.1, -0.05) is 34.1 Å². The maximum Gasteiger partial charge on any atom is 0.191 e. The number of aliphatic imine (C=N–C) groups is 1. The molecule has 0 spiro atoms. The number of rotatable bonds is 5. The van der Waals surface area contributed by atoms with Crippen LogP contribution in [0.25, 0.3) is 0 Å². The van der Waals surface area contributed by atoms with Gasteiger partial charge in [0.05, 0.1) is 18.8 Å². The molecule has 0 atom stereocenters. The van der Waals surface area contributed by atoms with E-state index in [1.165, 1.54) is 5.56 Å². The van der Waals surface area contributed by atoms with Gasteiger partial charge in [-0.3, -0.25) is 4.98 Å². The highest BCUT2D eigenvalue weighted by molar-refractivity contribution is 14.0. The minimum absolute atomic E-state index is 0. The van der Waals surface area contributed by atoms with Crippen LogP contribution >= 0.6 is 39.9 Å². The zero-order chi connectivity index (χ0) is 14.9. The molecule has 6 heteroatoms. The van der Waals surface area contributed by atoms with E-state index >= 15 is 0 Å². The summed E-state index contributed by atoms with van der Waals surface area (Å²) < 4.78 is 1.07. The first-order valence-corrected chi connectivity index (χ1v) is 7.73. The van der Waals surface area contributed by atoms with Crippen molar-refractivity contribution in [2.45, 2.75) is 20.0 Å². The van der Waals surface area contributed by atoms with E-state index in [1.807, 2.05) is 30.3 Å². The van der Waals surface area contributed by atoms with E-state index in [9.17, 15) is 0 Å². The maximum absolute atomic E-state index is 4.59. The summed E-state index contributed by atoms with van der Waals surface area (Å²) >= 11 is 3.47. The van der Waals surface area contributed by atoms with Crippen LogP contribution in [0.15, 0.2) is 58.1 Å². The summed E-state index contributed by atoms with van der Waals surface area (Å²) in [6.07, 6.45) is 1.79. The zero-order valence-electron chi connectivity index (χ0n) is 12.4. The Balaban J connectivity index is 0.00000242. The molecule has 1 heterocycles. The van der Waals surface area contributed by atoms with Crippen molar-refractivity contribution >= 4 is 45.9 Å². The van der Waals surface area contributed by atoms with Crippen molar-refractivity contribution in [3.63, 3.8) is 0 Å². The molecule has 1 aromatic heterocycles. The Bertz CT molecular complexity index is 590. The van der Waals surface area contributed by atoms with Gasteiger partial charge in [0.25, 0.3) is 0 Å². The first kappa shape index (κ1) is 18.9. The molecule has 4 nitrogen and oxygen atoms in total. The summed E-state index contributed by atoms with van der Waals surface area (Å²) in [5, 5.41) is 6.52. The van der Waals surface area contributed by atoms with Gasteiger partial charge in [-0.2, -0.15) is 0 Å². The van der Waals surface area contributed by atoms with E-state index in [-0.39, 0.29) is 24.0 Å². The first-order valence-electron chi connectivity index (χ1n) is 6.94. The lowest BCUT2D eigenvalue weighted by molar-refractivity contribution is 0.799. The first-order chi connectivity index (χ1) is 10.3. The number of hydrogen-bond acceptors (Lipinski definition) is 2. The van der Waals surface area contributed by atoms with E-state index in [1.54, 1.807) is 6.20 Å². The number of pyridine rings is 1. The van der Waals surface area contributed by atoms with E-state index in [0.717, 1.165) is 22.7 Å². The van der Waals surface area contributed by atoms with E-state index in [4.69, 9.17) is 0 Å². The van der Waals surface area contributed by atoms with Gasteiger partial charge in [0, 0.05) is 17.2 Å². The molecule has 0 aliphatic rings. The van der Waals surface area contributed by atoms with Gasteiger partial charge in [0.1, 0.15) is 0 Å². The molecule has 0 aliphatic heterocycles. The maximum atomic E-state index is 4.59. The van der Waals surface area contributed by atoms with Crippen LogP contribution in [0.5, 0.6) is 0 Å². The normalized spacial score (nSPS) is 10.7. The molecule has 0 radical (unpaired) electrons. The summed E-state index contributed by atoms with van der Waals surface area (Å²) in [6.45, 7) is 4.17. The molecule has 0 bridgehead atoms. The van der Waals surface area contributed by atoms with Crippen LogP contribution in [0.4, 0.5) is 0 Å². The fourth-order valence-corrected chi connectivity index (χ4v) is 2.27. The van der Waals surface area contributed by atoms with Crippen LogP contribution in [0, 0.1) is 0 Å². The summed E-state index contributed by atoms with van der Waals surface area (Å²) in [4.78, 5) is 8.87. The van der Waals surface area contributed by atoms with Crippen molar-refractivity contribution in [2.75, 3.05) is 6.54 Å². The number of halogens is 2. The average molecular weight is 475 g/mol. The smallest absolute Gasteiger partial charge is 0.191 e. The Kier molecular flexibility index (Phi) is 9.07. The number of hydrogen-bond donors (Lipinski definition) is 2. The largest absolute Gasteiger partial charge is 0.357 e. The van der Waals surface area contributed by atoms with Gasteiger partial charge in [0.15, 0.2) is 5.96 Å². The Morgan fingerprint density at radius 3 is 2.73 bits per heavy atom. The third-order valence-corrected chi connectivity index (χ3v) is 3.31. The lowest BCUT2D eigenvalue weighted by Crippen LogP contribution is -2.36. The monoisotopic (exact) mass is 474 g/mol. The second-order valence-corrected chi connectivity index (χ2v) is 5.42. The summed E-state index contributed by atoms with van der Waals surface area (Å²) in [6, 6.07) is 14.1. The van der Waals surface area contributed by atoms with Crippen molar-refractivity contribution in [1.82, 2.24) is 15.6 Å². The van der Waals surface area contributed by atoms with E-state index < -0.39 is 0 Å². The molecule has 0 fully saturated rings. The second kappa shape index (κ2) is 10.6. The SMILES string of the molecule is CCNC(=NCc1cccc(Br)c1)NCc1ccccn1.I. The summed E-state index contributed by atoms with van der Waals surface area (Å²) in [7, 11) is 0. The van der Waals surface area contributed by atoms with Gasteiger partial charge in [-0.25, -0.2) is 4.99 Å². The van der Waals surface area contributed by atoms with Crippen molar-refractivity contribution in [2.24, 2.45) is 4.99 Å². The molecule has 2 N–H and O–H groups in total. The highest BCUT2D eigenvalue weighted by Gasteiger charge is 1.99. The van der Waals surface area contributed by atoms with Crippen molar-refractivity contribution < 1.29 is 0 Å². The van der Waals surface area contributed by atoms with Crippen molar-refractivity contribution in [3.8, 4) is 0 Å². The third-order valence-electron chi connectivity index (χ3n) is 2.82. The Hall–Kier alpha value is -1.15. The van der Waals surface area contributed by atoms with Gasteiger partial charge in [0.2, 0.25) is 0 Å². The Morgan fingerprint density at radius 2 is 2.05 bits per heavy atom. The minimum Gasteiger partial charge on any atom is -0.357 e. The number of nitrogens with one attached hydrogen (secondary N) is 2. The van der Waals surface area contributed by atoms with Crippen LogP contribution < -0.4 is 10.6 Å². The number of nitrogens with zero attached hydrogens (tertiary/aromatic N) is 2. The van der Waals surface area contributed by atoms with Crippen LogP contribution in [-0.4, -0.2) is 17.5 Å². The van der Waals surface area contributed by atoms with Crippen LogP contribution in [0.1, 0.15) is 18.2 Å². The molecular formula is C16H20BrIN4. The number of benzene rings is 1. The topological polar surface area (TPSA) is 49.3 Å². The molecular weight excluding hydrogens is 455 g/mol. The van der Waals surface area contributed by atoms with Crippen molar-refractivity contribution in [3.05, 3.63) is 64.4 Å². The number of guanidine groups is 1. The van der Waals surface area contributed by atoms with Gasteiger partial charge in [-0.15, -0.1) is 24.0 Å². The van der Waals surface area contributed by atoms with Crippen LogP contribution in [0.3, 0.4) is 0 Å². The van der Waals surface area contributed by atoms with Crippen LogP contribution in [0.2, 0.25) is 0 Å². The summed E-state index contributed by atoms with van der Waals surface area (Å²) in [5.74, 6) is 0.795. The molecule has 0 saturated carbocycles. The third kappa shape index (κ3) is 6.74. The van der Waals surface area contributed by atoms with Gasteiger partial charge in [-0.05, 0) is 36.8 Å². The van der Waals surface area contributed by atoms with Gasteiger partial charge < -0.3 is 10.6 Å². The molecule has 0 saturated heterocycles. The molecule has 2 aromatic rings. The highest BCUT2D eigenvalue weighted by Crippen LogP contribution is 2.12. The minimum atomic E-state index is 0. The predicted molar refractivity (Wildman–Crippen MR) is 105 cm³/mol. The van der Waals surface area contributed by atoms with Crippen LogP contribution in [-0.2, 0) is 13.1 Å². The molecule has 0 amide bonds. The standard InChI is InChI=1S/C16H19BrN4.HI/c1-2-18-16(21-12-15-8-3-4-9-19-15)20-11-13-6-5-7-14(17)10-13;/h3-10H,2,11-12H2,1H3,(H2,18,20,21);1H. The fraction of sp³-hybridized carbons (Fsp3) is 0.250. The van der Waals surface area contributed by atoms with E-state index in [0.29, 0.717) is 13.1 Å². The lowest BCUT2D eigenvalue weighted by atomic mass is 10.2. The molecule has 2 rings (SSSR count). The molecule has 22 heavy (non-hydrogen) atoms. The molecule has 0 unspecified atom stereocenters. The average Bonchev–Trinajstić information content (AvgIpc) is 2.51. The van der Waals surface area contributed by atoms with E-state index in [2.05, 4.69) is 55.6 Å². The molecule has 0 aliphatic carbocycles. The lowest BCUT2D eigenvalue weighted by Gasteiger charge is -2.11. The highest BCUT2D eigenvalue weighted by atomic mass is 127. The Labute approximate surface area is 157 Å². The second-order valence-electron chi connectivity index (χ2n) is 4.50. The molecule has 118 valence electrons. The summed E-state index contributed by atoms with van der Waals surface area (Å²) in [5.41, 5.74) is 2.16. The number of aromatic nitrogens is 1.